The Balaban J connectivity index is 1.68. The SMILES string of the molecule is COc1ccccc1OCCN1C(=O)S/C(=C\c2cc(Br)c(OCC(=O)O)c(Br)c2)C1=O. The molecule has 32 heavy (non-hydrogen) atoms. The number of aliphatic carboxylic acids is 1. The third-order valence-electron chi connectivity index (χ3n) is 4.17. The monoisotopic (exact) mass is 585 g/mol. The van der Waals surface area contributed by atoms with Crippen LogP contribution in [0.3, 0.4) is 0 Å². The number of ether oxygens (including phenoxy) is 3. The number of carbonyl (C=O) groups is 3. The number of hydrogen-bond donors (Lipinski definition) is 1. The molecule has 2 amide bonds. The van der Waals surface area contributed by atoms with Gasteiger partial charge < -0.3 is 19.3 Å². The van der Waals surface area contributed by atoms with Gasteiger partial charge in [-0.25, -0.2) is 4.79 Å². The molecular weight excluding hydrogens is 570 g/mol. The summed E-state index contributed by atoms with van der Waals surface area (Å²) in [4.78, 5) is 37.2. The Morgan fingerprint density at radius 3 is 2.41 bits per heavy atom. The second-order valence-corrected chi connectivity index (χ2v) is 9.03. The Kier molecular flexibility index (Phi) is 8.21. The third kappa shape index (κ3) is 5.84. The second kappa shape index (κ2) is 10.9. The van der Waals surface area contributed by atoms with Gasteiger partial charge in [-0.05, 0) is 79.5 Å². The minimum Gasteiger partial charge on any atom is -0.493 e. The predicted molar refractivity (Wildman–Crippen MR) is 126 cm³/mol. The van der Waals surface area contributed by atoms with Crippen LogP contribution in [0.5, 0.6) is 17.2 Å². The summed E-state index contributed by atoms with van der Waals surface area (Å²) in [7, 11) is 1.53. The molecule has 2 aromatic rings. The van der Waals surface area contributed by atoms with Gasteiger partial charge in [0.15, 0.2) is 18.1 Å². The van der Waals surface area contributed by atoms with Crippen LogP contribution in [0.2, 0.25) is 0 Å². The highest BCUT2D eigenvalue weighted by atomic mass is 79.9. The predicted octanol–water partition coefficient (Wildman–Crippen LogP) is 4.80. The first-order valence-electron chi connectivity index (χ1n) is 9.15. The first-order chi connectivity index (χ1) is 15.3. The van der Waals surface area contributed by atoms with Crippen molar-refractivity contribution < 1.29 is 33.7 Å². The zero-order chi connectivity index (χ0) is 23.3. The highest BCUT2D eigenvalue weighted by Crippen LogP contribution is 2.37. The molecule has 1 aliphatic rings. The number of halogens is 2. The zero-order valence-corrected chi connectivity index (χ0v) is 20.7. The van der Waals surface area contributed by atoms with Crippen LogP contribution < -0.4 is 14.2 Å². The summed E-state index contributed by atoms with van der Waals surface area (Å²) in [5.74, 6) is -0.102. The number of benzene rings is 2. The normalized spacial score (nSPS) is 14.7. The summed E-state index contributed by atoms with van der Waals surface area (Å²) >= 11 is 7.50. The van der Waals surface area contributed by atoms with Gasteiger partial charge in [0.25, 0.3) is 11.1 Å². The second-order valence-electron chi connectivity index (χ2n) is 6.33. The third-order valence-corrected chi connectivity index (χ3v) is 6.26. The summed E-state index contributed by atoms with van der Waals surface area (Å²) in [6, 6.07) is 10.4. The summed E-state index contributed by atoms with van der Waals surface area (Å²) in [6.45, 7) is -0.278. The Hall–Kier alpha value is -2.50. The Morgan fingerprint density at radius 2 is 1.78 bits per heavy atom. The van der Waals surface area contributed by atoms with E-state index in [-0.39, 0.29) is 23.3 Å². The highest BCUT2D eigenvalue weighted by Gasteiger charge is 2.35. The fourth-order valence-corrected chi connectivity index (χ4v) is 5.08. The number of amides is 2. The molecule has 3 rings (SSSR count). The van der Waals surface area contributed by atoms with Crippen molar-refractivity contribution in [2.45, 2.75) is 0 Å². The fraction of sp³-hybridized carbons (Fsp3) is 0.190. The number of nitrogens with zero attached hydrogens (tertiary/aromatic N) is 1. The van der Waals surface area contributed by atoms with E-state index in [1.165, 1.54) is 7.11 Å². The molecule has 168 valence electrons. The number of carboxylic acid groups (broad SMARTS) is 1. The topological polar surface area (TPSA) is 102 Å². The van der Waals surface area contributed by atoms with Crippen molar-refractivity contribution in [2.75, 3.05) is 26.9 Å². The molecule has 1 fully saturated rings. The molecule has 8 nitrogen and oxygen atoms in total. The maximum absolute atomic E-state index is 12.7. The molecule has 0 radical (unpaired) electrons. The maximum atomic E-state index is 12.7. The van der Waals surface area contributed by atoms with Crippen molar-refractivity contribution in [2.24, 2.45) is 0 Å². The van der Waals surface area contributed by atoms with Crippen LogP contribution in [0.25, 0.3) is 6.08 Å². The van der Waals surface area contributed by atoms with Crippen molar-refractivity contribution in [1.82, 2.24) is 4.90 Å². The maximum Gasteiger partial charge on any atom is 0.341 e. The standard InChI is InChI=1S/C21H17Br2NO7S/c1-29-15-4-2-3-5-16(15)30-7-6-24-20(27)17(32-21(24)28)10-12-8-13(22)19(14(23)9-12)31-11-18(25)26/h2-5,8-10H,6-7,11H2,1H3,(H,25,26)/b17-10-. The number of thioether (sulfide) groups is 1. The molecule has 0 saturated carbocycles. The smallest absolute Gasteiger partial charge is 0.341 e. The van der Waals surface area contributed by atoms with Gasteiger partial charge >= 0.3 is 5.97 Å². The average molecular weight is 587 g/mol. The van der Waals surface area contributed by atoms with E-state index >= 15 is 0 Å². The van der Waals surface area contributed by atoms with Gasteiger partial charge in [-0.1, -0.05) is 12.1 Å². The van der Waals surface area contributed by atoms with E-state index in [1.807, 2.05) is 6.07 Å². The molecule has 0 spiro atoms. The Labute approximate surface area is 204 Å². The van der Waals surface area contributed by atoms with Crippen LogP contribution in [0, 0.1) is 0 Å². The molecule has 2 aromatic carbocycles. The molecule has 0 unspecified atom stereocenters. The van der Waals surface area contributed by atoms with Crippen molar-refractivity contribution >= 4 is 66.8 Å². The van der Waals surface area contributed by atoms with E-state index in [2.05, 4.69) is 31.9 Å². The molecule has 0 atom stereocenters. The van der Waals surface area contributed by atoms with Gasteiger partial charge in [-0.2, -0.15) is 0 Å². The molecule has 0 aliphatic carbocycles. The van der Waals surface area contributed by atoms with E-state index in [9.17, 15) is 14.4 Å². The lowest BCUT2D eigenvalue weighted by Crippen LogP contribution is -2.32. The molecule has 11 heteroatoms. The number of rotatable bonds is 9. The molecule has 0 bridgehead atoms. The molecule has 0 aromatic heterocycles. The largest absolute Gasteiger partial charge is 0.493 e. The van der Waals surface area contributed by atoms with Gasteiger partial charge in [0, 0.05) is 0 Å². The lowest BCUT2D eigenvalue weighted by atomic mass is 10.2. The summed E-state index contributed by atoms with van der Waals surface area (Å²) in [6.07, 6.45) is 1.59. The summed E-state index contributed by atoms with van der Waals surface area (Å²) in [5, 5.41) is 8.39. The summed E-state index contributed by atoms with van der Waals surface area (Å²) < 4.78 is 17.1. The lowest BCUT2D eigenvalue weighted by molar-refractivity contribution is -0.139. The van der Waals surface area contributed by atoms with Gasteiger partial charge in [0.2, 0.25) is 0 Å². The van der Waals surface area contributed by atoms with Gasteiger partial charge in [-0.3, -0.25) is 14.5 Å². The lowest BCUT2D eigenvalue weighted by Gasteiger charge is -2.14. The molecular formula is C21H17Br2NO7S. The van der Waals surface area contributed by atoms with E-state index in [1.54, 1.807) is 36.4 Å². The van der Waals surface area contributed by atoms with Crippen molar-refractivity contribution in [3.63, 3.8) is 0 Å². The minimum atomic E-state index is -1.10. The van der Waals surface area contributed by atoms with E-state index < -0.39 is 18.5 Å². The van der Waals surface area contributed by atoms with Crippen LogP contribution in [0.1, 0.15) is 5.56 Å². The molecule has 1 aliphatic heterocycles. The first kappa shape index (κ1) is 24.1. The number of imide groups is 1. The van der Waals surface area contributed by atoms with Crippen LogP contribution in [-0.2, 0) is 9.59 Å². The quantitative estimate of drug-likeness (QED) is 0.418. The average Bonchev–Trinajstić information content (AvgIpc) is 3.00. The molecule has 1 heterocycles. The van der Waals surface area contributed by atoms with Crippen molar-refractivity contribution in [1.29, 1.82) is 0 Å². The van der Waals surface area contributed by atoms with Crippen LogP contribution in [0.4, 0.5) is 4.79 Å². The van der Waals surface area contributed by atoms with Crippen LogP contribution in [0.15, 0.2) is 50.2 Å². The Morgan fingerprint density at radius 1 is 1.12 bits per heavy atom. The highest BCUT2D eigenvalue weighted by molar-refractivity contribution is 9.11. The van der Waals surface area contributed by atoms with Gasteiger partial charge in [0.1, 0.15) is 12.4 Å². The number of carboxylic acids is 1. The molecule has 1 N–H and O–H groups in total. The van der Waals surface area contributed by atoms with Crippen LogP contribution in [-0.4, -0.2) is 54.0 Å². The van der Waals surface area contributed by atoms with Crippen molar-refractivity contribution in [3.8, 4) is 17.2 Å². The van der Waals surface area contributed by atoms with E-state index in [0.29, 0.717) is 31.8 Å². The number of carbonyl (C=O) groups excluding carboxylic acids is 2. The van der Waals surface area contributed by atoms with Crippen LogP contribution >= 0.6 is 43.6 Å². The summed E-state index contributed by atoms with van der Waals surface area (Å²) in [5.41, 5.74) is 0.627. The van der Waals surface area contributed by atoms with Gasteiger partial charge in [0.05, 0.1) is 27.5 Å². The van der Waals surface area contributed by atoms with Crippen molar-refractivity contribution in [3.05, 3.63) is 55.8 Å². The first-order valence-corrected chi connectivity index (χ1v) is 11.5. The minimum absolute atomic E-state index is 0.0927. The number of hydrogen-bond acceptors (Lipinski definition) is 7. The van der Waals surface area contributed by atoms with Gasteiger partial charge in [-0.15, -0.1) is 0 Å². The number of para-hydroxylation sites is 2. The Bertz CT molecular complexity index is 1070. The number of methoxy groups -OCH3 is 1. The van der Waals surface area contributed by atoms with E-state index in [0.717, 1.165) is 16.7 Å². The molecule has 1 saturated heterocycles. The zero-order valence-electron chi connectivity index (χ0n) is 16.7. The fourth-order valence-electron chi connectivity index (χ4n) is 2.76. The van der Waals surface area contributed by atoms with E-state index in [4.69, 9.17) is 19.3 Å².